The van der Waals surface area contributed by atoms with E-state index in [-0.39, 0.29) is 105 Å². The Labute approximate surface area is 129 Å². The van der Waals surface area contributed by atoms with Crippen LogP contribution in [0.2, 0.25) is 0 Å². The third-order valence-corrected chi connectivity index (χ3v) is 0. The summed E-state index contributed by atoms with van der Waals surface area (Å²) >= 11 is 0. The van der Waals surface area contributed by atoms with Gasteiger partial charge in [-0.15, -0.1) is 0 Å². The third kappa shape index (κ3) is 59.2. The van der Waals surface area contributed by atoms with E-state index in [0.717, 1.165) is 0 Å². The molecule has 0 bridgehead atoms. The average molecular weight is 295 g/mol. The minimum atomic E-state index is -4.64. The van der Waals surface area contributed by atoms with Crippen LogP contribution in [-0.4, -0.2) is 102 Å². The first-order valence-corrected chi connectivity index (χ1v) is 2.35. The Morgan fingerprint density at radius 3 is 1.12 bits per heavy atom. The molecular formula is H5CsLiMnO4P. The smallest absolute Gasteiger partial charge is 0 e. The van der Waals surface area contributed by atoms with Gasteiger partial charge in [-0.2, -0.15) is 0 Å². The van der Waals surface area contributed by atoms with Crippen molar-refractivity contribution in [2.24, 2.45) is 0 Å². The summed E-state index contributed by atoms with van der Waals surface area (Å²) in [6, 6.07) is 0. The van der Waals surface area contributed by atoms with Crippen LogP contribution < -0.4 is 0 Å². The van der Waals surface area contributed by atoms with Crippen molar-refractivity contribution < 1.29 is 36.3 Å². The van der Waals surface area contributed by atoms with Crippen LogP contribution in [0.1, 0.15) is 0 Å². The van der Waals surface area contributed by atoms with Crippen LogP contribution in [0.25, 0.3) is 0 Å². The summed E-state index contributed by atoms with van der Waals surface area (Å²) in [5, 5.41) is 0. The maximum Gasteiger partial charge on any atom is 0 e. The van der Waals surface area contributed by atoms with Gasteiger partial charge in [0.15, 0.2) is 0 Å². The summed E-state index contributed by atoms with van der Waals surface area (Å²) in [5.74, 6) is 0. The van der Waals surface area contributed by atoms with E-state index in [1.807, 2.05) is 0 Å². The van der Waals surface area contributed by atoms with Crippen molar-refractivity contribution in [2.45, 2.75) is 0 Å². The maximum atomic E-state index is 8.88. The van der Waals surface area contributed by atoms with Crippen LogP contribution in [0.15, 0.2) is 0 Å². The number of phosphoric acid groups is 1. The molecule has 0 heterocycles. The molecule has 0 aliphatic carbocycles. The summed E-state index contributed by atoms with van der Waals surface area (Å²) in [6.07, 6.45) is 0. The van der Waals surface area contributed by atoms with Crippen LogP contribution in [0.5, 0.6) is 0 Å². The molecular weight excluding hydrogens is 290 g/mol. The van der Waals surface area contributed by atoms with Crippen LogP contribution in [0, 0.1) is 0 Å². The molecule has 0 aromatic rings. The molecule has 0 atom stereocenters. The fourth-order valence-corrected chi connectivity index (χ4v) is 0. The topological polar surface area (TPSA) is 77.8 Å². The summed E-state index contributed by atoms with van der Waals surface area (Å²) < 4.78 is 8.88. The largest absolute Gasteiger partial charge is 0 e. The molecule has 43 valence electrons. The molecule has 3 N–H and O–H groups in total. The molecule has 0 aliphatic heterocycles. The summed E-state index contributed by atoms with van der Waals surface area (Å²) in [5.41, 5.74) is 0. The maximum absolute atomic E-state index is 8.88. The molecule has 0 unspecified atom stereocenters. The predicted octanol–water partition coefficient (Wildman–Crippen LogP) is -2.23. The fraction of sp³-hybridized carbons (Fsp3) is 0. The Kier molecular flexibility index (Phi) is 28.9. The molecule has 0 aliphatic rings. The fourth-order valence-electron chi connectivity index (χ4n) is 0. The zero-order valence-electron chi connectivity index (χ0n) is 2.58. The van der Waals surface area contributed by atoms with E-state index in [2.05, 4.69) is 0 Å². The van der Waals surface area contributed by atoms with Gasteiger partial charge < -0.3 is 14.7 Å². The molecule has 8 heavy (non-hydrogen) atoms. The Morgan fingerprint density at radius 2 is 1.12 bits per heavy atom. The van der Waals surface area contributed by atoms with E-state index >= 15 is 0 Å². The van der Waals surface area contributed by atoms with Gasteiger partial charge in [-0.25, -0.2) is 4.57 Å². The predicted molar refractivity (Wildman–Crippen MR) is 28.6 cm³/mol. The van der Waals surface area contributed by atoms with Crippen LogP contribution in [0.3, 0.4) is 0 Å². The SMILES string of the molecule is O=P(O)(O)O.[CsH].[LiH].[Mn]. The average Bonchev–Trinajstić information content (AvgIpc) is 0.722. The van der Waals surface area contributed by atoms with E-state index in [1.165, 1.54) is 0 Å². The molecule has 1 radical (unpaired) electrons. The van der Waals surface area contributed by atoms with Gasteiger partial charge in [0.1, 0.15) is 0 Å². The van der Waals surface area contributed by atoms with Crippen molar-refractivity contribution in [1.82, 2.24) is 0 Å². The van der Waals surface area contributed by atoms with E-state index < -0.39 is 7.82 Å². The van der Waals surface area contributed by atoms with Gasteiger partial charge in [-0.1, -0.05) is 0 Å². The second kappa shape index (κ2) is 10.3. The monoisotopic (exact) mass is 295 g/mol. The molecule has 0 saturated carbocycles. The van der Waals surface area contributed by atoms with E-state index in [0.29, 0.717) is 0 Å². The van der Waals surface area contributed by atoms with Crippen molar-refractivity contribution in [3.63, 3.8) is 0 Å². The molecule has 4 nitrogen and oxygen atoms in total. The van der Waals surface area contributed by atoms with Crippen molar-refractivity contribution in [2.75, 3.05) is 0 Å². The summed E-state index contributed by atoms with van der Waals surface area (Å²) in [7, 11) is -4.64. The minimum Gasteiger partial charge on any atom is 0 e. The van der Waals surface area contributed by atoms with E-state index in [4.69, 9.17) is 19.2 Å². The summed E-state index contributed by atoms with van der Waals surface area (Å²) in [4.78, 5) is 21.6. The Balaban J connectivity index is -0.0000000267. The molecule has 8 heteroatoms. The van der Waals surface area contributed by atoms with E-state index in [1.54, 1.807) is 0 Å². The Hall–Kier alpha value is 3.28. The first-order chi connectivity index (χ1) is 2.00. The first-order valence-electron chi connectivity index (χ1n) is 0.783. The van der Waals surface area contributed by atoms with Gasteiger partial charge in [0.25, 0.3) is 0 Å². The van der Waals surface area contributed by atoms with Crippen LogP contribution >= 0.6 is 7.82 Å². The second-order valence-corrected chi connectivity index (χ2v) is 1.54. The van der Waals surface area contributed by atoms with Gasteiger partial charge in [-0.3, -0.25) is 0 Å². The molecule has 0 aromatic heterocycles. The molecule has 0 rings (SSSR count). The Morgan fingerprint density at radius 1 is 1.12 bits per heavy atom. The normalized spacial score (nSPS) is 7.38. The first kappa shape index (κ1) is 22.5. The van der Waals surface area contributed by atoms with Gasteiger partial charge in [0, 0.05) is 17.1 Å². The van der Waals surface area contributed by atoms with E-state index in [9.17, 15) is 0 Å². The zero-order valence-corrected chi connectivity index (χ0v) is 4.65. The number of hydrogen-bond donors (Lipinski definition) is 3. The van der Waals surface area contributed by atoms with Gasteiger partial charge in [-0.05, 0) is 0 Å². The standard InChI is InChI=1S/Cs.Li.Mn.H3O4P.2H/c;;;1-5(2,3)4;;/h;;;(H3,1,2,3,4);;. The van der Waals surface area contributed by atoms with Gasteiger partial charge >= 0.3 is 95.6 Å². The quantitative estimate of drug-likeness (QED) is 0.349. The van der Waals surface area contributed by atoms with Crippen LogP contribution in [0.4, 0.5) is 0 Å². The summed E-state index contributed by atoms with van der Waals surface area (Å²) in [6.45, 7) is 0. The molecule has 0 aromatic carbocycles. The molecule has 0 saturated heterocycles. The van der Waals surface area contributed by atoms with Crippen molar-refractivity contribution in [1.29, 1.82) is 0 Å². The Bertz CT molecular complexity index is 62.2. The van der Waals surface area contributed by atoms with Gasteiger partial charge in [0.05, 0.1) is 0 Å². The van der Waals surface area contributed by atoms with Crippen molar-refractivity contribution >= 4 is 95.6 Å². The number of hydrogen-bond acceptors (Lipinski definition) is 1. The minimum absolute atomic E-state index is 0. The van der Waals surface area contributed by atoms with Crippen LogP contribution in [-0.2, 0) is 21.6 Å². The molecule has 0 amide bonds. The van der Waals surface area contributed by atoms with Crippen molar-refractivity contribution in [3.8, 4) is 0 Å². The number of rotatable bonds is 0. The zero-order chi connectivity index (χ0) is 4.50. The molecule has 0 fully saturated rings. The molecule has 0 spiro atoms. The van der Waals surface area contributed by atoms with Crippen molar-refractivity contribution in [3.05, 3.63) is 0 Å². The third-order valence-electron chi connectivity index (χ3n) is 0. The second-order valence-electron chi connectivity index (χ2n) is 0.513. The van der Waals surface area contributed by atoms with Gasteiger partial charge in [0.2, 0.25) is 0 Å².